The van der Waals surface area contributed by atoms with Gasteiger partial charge in [-0.15, -0.1) is 0 Å². The lowest BCUT2D eigenvalue weighted by Crippen LogP contribution is -2.23. The van der Waals surface area contributed by atoms with Gasteiger partial charge in [-0.3, -0.25) is 0 Å². The van der Waals surface area contributed by atoms with Crippen LogP contribution in [0, 0.1) is 29.4 Å². The molecule has 0 radical (unpaired) electrons. The molecule has 0 heterocycles. The summed E-state index contributed by atoms with van der Waals surface area (Å²) < 4.78 is 33.7. The smallest absolute Gasteiger partial charge is 0.201 e. The van der Waals surface area contributed by atoms with Crippen molar-refractivity contribution in [3.63, 3.8) is 0 Å². The molecule has 2 aliphatic rings. The Balaban J connectivity index is 1.59. The average molecular weight is 376 g/mol. The van der Waals surface area contributed by atoms with Gasteiger partial charge in [0.2, 0.25) is 5.82 Å². The number of hydrogen-bond donors (Lipinski definition) is 0. The van der Waals surface area contributed by atoms with Gasteiger partial charge in [-0.25, -0.2) is 4.39 Å². The van der Waals surface area contributed by atoms with Crippen LogP contribution in [0.2, 0.25) is 0 Å². The van der Waals surface area contributed by atoms with Crippen molar-refractivity contribution in [3.05, 3.63) is 35.4 Å². The maximum atomic E-state index is 14.4. The summed E-state index contributed by atoms with van der Waals surface area (Å²) in [6.45, 7) is 2.07. The van der Waals surface area contributed by atoms with Crippen LogP contribution in [0.1, 0.15) is 70.3 Å². The predicted molar refractivity (Wildman–Crippen MR) is 104 cm³/mol. The highest BCUT2D eigenvalue weighted by atomic mass is 19.2. The third kappa shape index (κ3) is 4.77. The lowest BCUT2D eigenvalue weighted by Gasteiger charge is -2.35. The van der Waals surface area contributed by atoms with Crippen molar-refractivity contribution in [3.8, 4) is 5.75 Å². The number of allylic oxidation sites excluding steroid dienone is 2. The molecule has 1 atom stereocenters. The second kappa shape index (κ2) is 9.48. The number of hydrogen-bond acceptors (Lipinski definition) is 2. The van der Waals surface area contributed by atoms with Gasteiger partial charge in [-0.1, -0.05) is 18.9 Å². The van der Waals surface area contributed by atoms with Crippen molar-refractivity contribution in [1.82, 2.24) is 0 Å². The number of aldehydes is 1. The van der Waals surface area contributed by atoms with Crippen LogP contribution in [0.25, 0.3) is 5.57 Å². The molecule has 0 saturated heterocycles. The van der Waals surface area contributed by atoms with E-state index in [9.17, 15) is 13.6 Å². The second-order valence-electron chi connectivity index (χ2n) is 7.96. The first-order valence-electron chi connectivity index (χ1n) is 10.4. The van der Waals surface area contributed by atoms with Crippen molar-refractivity contribution >= 4 is 11.9 Å². The molecule has 0 spiro atoms. The summed E-state index contributed by atoms with van der Waals surface area (Å²) >= 11 is 0. The van der Waals surface area contributed by atoms with Gasteiger partial charge >= 0.3 is 0 Å². The monoisotopic (exact) mass is 376 g/mol. The van der Waals surface area contributed by atoms with Crippen LogP contribution in [0.15, 0.2) is 18.2 Å². The Labute approximate surface area is 161 Å². The molecule has 1 unspecified atom stereocenters. The highest BCUT2D eigenvalue weighted by Gasteiger charge is 2.29. The molecule has 1 saturated carbocycles. The Morgan fingerprint density at radius 2 is 1.85 bits per heavy atom. The maximum absolute atomic E-state index is 14.4. The standard InChI is InChI=1S/C23H30F2O2/c1-2-27-21-14-13-20(22(24)23(21)25)19-11-9-18(10-12-19)17-7-5-16(6-8-17)4-3-15-26/h11,13-18H,2-10,12H2,1H3/t16-,17-,18?. The van der Waals surface area contributed by atoms with E-state index in [2.05, 4.69) is 6.08 Å². The largest absolute Gasteiger partial charge is 0.491 e. The van der Waals surface area contributed by atoms with E-state index in [0.29, 0.717) is 30.4 Å². The molecule has 0 N–H and O–H groups in total. The fourth-order valence-corrected chi connectivity index (χ4v) is 4.83. The number of benzene rings is 1. The SMILES string of the molecule is CCOc1ccc(C2=CCC([C@H]3CC[C@H](CCC=O)CC3)CC2)c(F)c1F. The first-order valence-corrected chi connectivity index (χ1v) is 10.4. The van der Waals surface area contributed by atoms with E-state index in [1.807, 2.05) is 0 Å². The average Bonchev–Trinajstić information content (AvgIpc) is 2.71. The highest BCUT2D eigenvalue weighted by Crippen LogP contribution is 2.42. The van der Waals surface area contributed by atoms with Crippen LogP contribution in [0.4, 0.5) is 8.78 Å². The first-order chi connectivity index (χ1) is 13.1. The van der Waals surface area contributed by atoms with E-state index in [-0.39, 0.29) is 5.75 Å². The van der Waals surface area contributed by atoms with Gasteiger partial charge < -0.3 is 9.53 Å². The zero-order chi connectivity index (χ0) is 19.2. The molecule has 1 fully saturated rings. The van der Waals surface area contributed by atoms with Gasteiger partial charge in [0, 0.05) is 12.0 Å². The fourth-order valence-electron chi connectivity index (χ4n) is 4.83. The molecule has 0 amide bonds. The Morgan fingerprint density at radius 3 is 2.48 bits per heavy atom. The highest BCUT2D eigenvalue weighted by molar-refractivity contribution is 5.67. The summed E-state index contributed by atoms with van der Waals surface area (Å²) in [6, 6.07) is 3.18. The normalized spacial score (nSPS) is 25.7. The van der Waals surface area contributed by atoms with Crippen LogP contribution in [-0.2, 0) is 4.79 Å². The van der Waals surface area contributed by atoms with Crippen LogP contribution in [-0.4, -0.2) is 12.9 Å². The van der Waals surface area contributed by atoms with Gasteiger partial charge in [0.15, 0.2) is 11.6 Å². The van der Waals surface area contributed by atoms with E-state index >= 15 is 0 Å². The van der Waals surface area contributed by atoms with Crippen molar-refractivity contribution in [2.24, 2.45) is 17.8 Å². The minimum absolute atomic E-state index is 0.0145. The Morgan fingerprint density at radius 1 is 1.07 bits per heavy atom. The molecule has 0 aromatic heterocycles. The molecular formula is C23H30F2O2. The third-order valence-electron chi connectivity index (χ3n) is 6.39. The molecule has 0 aliphatic heterocycles. The van der Waals surface area contributed by atoms with Crippen molar-refractivity contribution < 1.29 is 18.3 Å². The van der Waals surface area contributed by atoms with Crippen LogP contribution >= 0.6 is 0 Å². The molecule has 4 heteroatoms. The minimum Gasteiger partial charge on any atom is -0.491 e. The number of halogens is 2. The van der Waals surface area contributed by atoms with E-state index in [0.717, 1.165) is 43.5 Å². The van der Waals surface area contributed by atoms with Crippen molar-refractivity contribution in [2.45, 2.75) is 64.7 Å². The number of ether oxygens (including phenoxy) is 1. The lowest BCUT2D eigenvalue weighted by atomic mass is 9.70. The van der Waals surface area contributed by atoms with Crippen LogP contribution in [0.3, 0.4) is 0 Å². The first kappa shape index (κ1) is 20.0. The van der Waals surface area contributed by atoms with E-state index in [1.54, 1.807) is 13.0 Å². The Hall–Kier alpha value is -1.71. The van der Waals surface area contributed by atoms with Gasteiger partial charge in [0.1, 0.15) is 6.29 Å². The molecule has 0 bridgehead atoms. The van der Waals surface area contributed by atoms with E-state index < -0.39 is 11.6 Å². The number of carbonyl (C=O) groups is 1. The predicted octanol–water partition coefficient (Wildman–Crippen LogP) is 6.33. The quantitative estimate of drug-likeness (QED) is 0.520. The van der Waals surface area contributed by atoms with Gasteiger partial charge in [-0.2, -0.15) is 4.39 Å². The molecule has 148 valence electrons. The van der Waals surface area contributed by atoms with Gasteiger partial charge in [0.25, 0.3) is 0 Å². The summed E-state index contributed by atoms with van der Waals surface area (Å²) in [7, 11) is 0. The summed E-state index contributed by atoms with van der Waals surface area (Å²) in [4.78, 5) is 10.5. The molecule has 3 rings (SSSR count). The van der Waals surface area contributed by atoms with Crippen LogP contribution < -0.4 is 4.74 Å². The van der Waals surface area contributed by atoms with E-state index in [4.69, 9.17) is 4.74 Å². The molecule has 1 aromatic rings. The fraction of sp³-hybridized carbons (Fsp3) is 0.609. The zero-order valence-electron chi connectivity index (χ0n) is 16.2. The summed E-state index contributed by atoms with van der Waals surface area (Å²) in [6.07, 6.45) is 12.6. The van der Waals surface area contributed by atoms with E-state index in [1.165, 1.54) is 31.7 Å². The third-order valence-corrected chi connectivity index (χ3v) is 6.39. The zero-order valence-corrected chi connectivity index (χ0v) is 16.2. The topological polar surface area (TPSA) is 26.3 Å². The second-order valence-corrected chi connectivity index (χ2v) is 7.96. The molecular weight excluding hydrogens is 346 g/mol. The minimum atomic E-state index is -0.883. The van der Waals surface area contributed by atoms with Crippen LogP contribution in [0.5, 0.6) is 5.75 Å². The Bertz CT molecular complexity index is 675. The molecule has 2 aliphatic carbocycles. The van der Waals surface area contributed by atoms with Crippen molar-refractivity contribution in [2.75, 3.05) is 6.61 Å². The van der Waals surface area contributed by atoms with Crippen molar-refractivity contribution in [1.29, 1.82) is 0 Å². The lowest BCUT2D eigenvalue weighted by molar-refractivity contribution is -0.108. The van der Waals surface area contributed by atoms with Gasteiger partial charge in [0.05, 0.1) is 6.61 Å². The number of rotatable bonds is 7. The number of carbonyl (C=O) groups excluding carboxylic acids is 1. The van der Waals surface area contributed by atoms with Gasteiger partial charge in [-0.05, 0) is 80.9 Å². The molecule has 27 heavy (non-hydrogen) atoms. The maximum Gasteiger partial charge on any atom is 0.201 e. The molecule has 1 aromatic carbocycles. The summed E-state index contributed by atoms with van der Waals surface area (Å²) in [5.74, 6) is 0.405. The molecule has 2 nitrogen and oxygen atoms in total. The Kier molecular flexibility index (Phi) is 7.03. The summed E-state index contributed by atoms with van der Waals surface area (Å²) in [5, 5.41) is 0. The summed E-state index contributed by atoms with van der Waals surface area (Å²) in [5.41, 5.74) is 1.30.